The van der Waals surface area contributed by atoms with E-state index in [4.69, 9.17) is 0 Å². The summed E-state index contributed by atoms with van der Waals surface area (Å²) in [5.74, 6) is 0.118. The summed E-state index contributed by atoms with van der Waals surface area (Å²) in [5, 5.41) is 10.4. The Kier molecular flexibility index (Phi) is 7.81. The molecule has 1 aromatic carbocycles. The van der Waals surface area contributed by atoms with Crippen molar-refractivity contribution in [3.8, 4) is 0 Å². The van der Waals surface area contributed by atoms with Crippen molar-refractivity contribution < 1.29 is 9.59 Å². The summed E-state index contributed by atoms with van der Waals surface area (Å²) in [6, 6.07) is 12.6. The molecule has 3 N–H and O–H groups in total. The predicted octanol–water partition coefficient (Wildman–Crippen LogP) is 2.80. The summed E-state index contributed by atoms with van der Waals surface area (Å²) in [4.78, 5) is 24.4. The van der Waals surface area contributed by atoms with Crippen LogP contribution in [-0.2, 0) is 9.59 Å². The molecule has 5 nitrogen and oxygen atoms in total. The zero-order chi connectivity index (χ0) is 18.9. The smallest absolute Gasteiger partial charge is 0.239 e. The van der Waals surface area contributed by atoms with Crippen LogP contribution in [0.15, 0.2) is 41.8 Å². The van der Waals surface area contributed by atoms with Crippen molar-refractivity contribution in [3.05, 3.63) is 57.8 Å². The Morgan fingerprint density at radius 1 is 1.04 bits per heavy atom. The second-order valence-electron chi connectivity index (χ2n) is 6.26. The first kappa shape index (κ1) is 20.1. The molecule has 2 atom stereocenters. The number of hydrogen-bond donors (Lipinski definition) is 3. The topological polar surface area (TPSA) is 70.2 Å². The molecule has 2 amide bonds. The van der Waals surface area contributed by atoms with E-state index in [0.717, 1.165) is 16.9 Å². The Labute approximate surface area is 159 Å². The molecule has 0 aliphatic heterocycles. The van der Waals surface area contributed by atoms with Gasteiger partial charge in [0.15, 0.2) is 0 Å². The largest absolute Gasteiger partial charge is 0.358 e. The summed E-state index contributed by atoms with van der Waals surface area (Å²) in [6.07, 6.45) is 1.11. The molecule has 2 rings (SSSR count). The minimum absolute atomic E-state index is 0.00964. The zero-order valence-corrected chi connectivity index (χ0v) is 16.4. The van der Waals surface area contributed by atoms with Crippen molar-refractivity contribution in [1.82, 2.24) is 16.0 Å². The first-order valence-electron chi connectivity index (χ1n) is 8.89. The van der Waals surface area contributed by atoms with Crippen LogP contribution in [0.1, 0.15) is 48.2 Å². The quantitative estimate of drug-likeness (QED) is 0.633. The number of amides is 2. The maximum Gasteiger partial charge on any atom is 0.239 e. The normalized spacial score (nSPS) is 13.0. The first-order chi connectivity index (χ1) is 12.5. The van der Waals surface area contributed by atoms with Crippen molar-refractivity contribution in [2.75, 3.05) is 20.1 Å². The van der Waals surface area contributed by atoms with E-state index in [1.807, 2.05) is 11.4 Å². The van der Waals surface area contributed by atoms with Gasteiger partial charge in [-0.3, -0.25) is 14.9 Å². The highest BCUT2D eigenvalue weighted by atomic mass is 32.1. The third-order valence-corrected chi connectivity index (χ3v) is 5.41. The Hall–Kier alpha value is -2.18. The molecular weight excluding hydrogens is 346 g/mol. The highest BCUT2D eigenvalue weighted by Crippen LogP contribution is 2.27. The molecule has 0 aliphatic rings. The number of benzene rings is 1. The van der Waals surface area contributed by atoms with Gasteiger partial charge in [0.05, 0.1) is 19.1 Å². The van der Waals surface area contributed by atoms with Crippen LogP contribution in [0.4, 0.5) is 0 Å². The lowest BCUT2D eigenvalue weighted by atomic mass is 9.95. The molecule has 0 radical (unpaired) electrons. The maximum absolute atomic E-state index is 12.0. The van der Waals surface area contributed by atoms with Crippen LogP contribution in [0.3, 0.4) is 0 Å². The molecule has 2 aromatic rings. The predicted molar refractivity (Wildman–Crippen MR) is 106 cm³/mol. The van der Waals surface area contributed by atoms with Crippen molar-refractivity contribution in [3.63, 3.8) is 0 Å². The maximum atomic E-state index is 12.0. The van der Waals surface area contributed by atoms with Crippen LogP contribution in [0.5, 0.6) is 0 Å². The van der Waals surface area contributed by atoms with E-state index in [-0.39, 0.29) is 30.9 Å². The minimum atomic E-state index is -0.214. The lowest BCUT2D eigenvalue weighted by molar-refractivity contribution is -0.125. The van der Waals surface area contributed by atoms with Crippen LogP contribution in [0.2, 0.25) is 0 Å². The van der Waals surface area contributed by atoms with Crippen LogP contribution < -0.4 is 16.0 Å². The van der Waals surface area contributed by atoms with Gasteiger partial charge in [-0.2, -0.15) is 0 Å². The van der Waals surface area contributed by atoms with Crippen molar-refractivity contribution in [1.29, 1.82) is 0 Å². The number of hydrogen-bond acceptors (Lipinski definition) is 4. The number of rotatable bonds is 9. The Morgan fingerprint density at radius 2 is 1.73 bits per heavy atom. The number of nitrogens with one attached hydrogen (secondary N) is 3. The second-order valence-corrected chi connectivity index (χ2v) is 7.23. The summed E-state index contributed by atoms with van der Waals surface area (Å²) in [5.41, 5.74) is 2.45. The Morgan fingerprint density at radius 3 is 2.31 bits per heavy atom. The lowest BCUT2D eigenvalue weighted by Crippen LogP contribution is -2.40. The molecule has 26 heavy (non-hydrogen) atoms. The van der Waals surface area contributed by atoms with Crippen LogP contribution in [-0.4, -0.2) is 32.0 Å². The van der Waals surface area contributed by atoms with Gasteiger partial charge in [0.2, 0.25) is 11.8 Å². The van der Waals surface area contributed by atoms with E-state index < -0.39 is 0 Å². The molecule has 0 saturated carbocycles. The molecular formula is C20H27N3O2S. The lowest BCUT2D eigenvalue weighted by Gasteiger charge is -2.19. The van der Waals surface area contributed by atoms with E-state index in [2.05, 4.69) is 60.1 Å². The van der Waals surface area contributed by atoms with Gasteiger partial charge in [0.25, 0.3) is 0 Å². The van der Waals surface area contributed by atoms with Crippen LogP contribution >= 0.6 is 11.3 Å². The Balaban J connectivity index is 2.05. The minimum Gasteiger partial charge on any atom is -0.358 e. The molecule has 1 aromatic heterocycles. The third-order valence-electron chi connectivity index (χ3n) is 4.47. The summed E-state index contributed by atoms with van der Waals surface area (Å²) in [6.45, 7) is 4.55. The fourth-order valence-corrected chi connectivity index (χ4v) is 3.44. The monoisotopic (exact) mass is 373 g/mol. The average molecular weight is 374 g/mol. The van der Waals surface area contributed by atoms with E-state index in [0.29, 0.717) is 5.92 Å². The van der Waals surface area contributed by atoms with Gasteiger partial charge in [0.1, 0.15) is 0 Å². The molecule has 0 saturated heterocycles. The highest BCUT2D eigenvalue weighted by molar-refractivity contribution is 7.10. The van der Waals surface area contributed by atoms with Gasteiger partial charge in [-0.05, 0) is 34.9 Å². The van der Waals surface area contributed by atoms with Gasteiger partial charge in [-0.25, -0.2) is 0 Å². The first-order valence-corrected chi connectivity index (χ1v) is 9.77. The summed E-state index contributed by atoms with van der Waals surface area (Å²) < 4.78 is 0. The van der Waals surface area contributed by atoms with Crippen molar-refractivity contribution in [2.24, 2.45) is 0 Å². The fourth-order valence-electron chi connectivity index (χ4n) is 2.62. The molecule has 0 aliphatic carbocycles. The van der Waals surface area contributed by atoms with E-state index >= 15 is 0 Å². The number of carbonyl (C=O) groups is 2. The molecule has 0 spiro atoms. The number of carbonyl (C=O) groups excluding carboxylic acids is 2. The fraction of sp³-hybridized carbons (Fsp3) is 0.400. The van der Waals surface area contributed by atoms with Gasteiger partial charge < -0.3 is 10.6 Å². The van der Waals surface area contributed by atoms with Gasteiger partial charge in [0, 0.05) is 11.9 Å². The molecule has 1 heterocycles. The van der Waals surface area contributed by atoms with Gasteiger partial charge in [-0.1, -0.05) is 44.2 Å². The average Bonchev–Trinajstić information content (AvgIpc) is 3.20. The van der Waals surface area contributed by atoms with E-state index in [1.54, 1.807) is 18.4 Å². The second kappa shape index (κ2) is 10.1. The molecule has 0 unspecified atom stereocenters. The van der Waals surface area contributed by atoms with Crippen LogP contribution in [0, 0.1) is 0 Å². The Bertz CT molecular complexity index is 698. The number of thiophene rings is 1. The molecule has 140 valence electrons. The summed E-state index contributed by atoms with van der Waals surface area (Å²) >= 11 is 1.66. The third kappa shape index (κ3) is 5.68. The van der Waals surface area contributed by atoms with Gasteiger partial charge >= 0.3 is 0 Å². The molecule has 0 bridgehead atoms. The van der Waals surface area contributed by atoms with E-state index in [1.165, 1.54) is 5.56 Å². The van der Waals surface area contributed by atoms with Gasteiger partial charge in [-0.15, -0.1) is 11.3 Å². The highest BCUT2D eigenvalue weighted by Gasteiger charge is 2.17. The van der Waals surface area contributed by atoms with Crippen molar-refractivity contribution in [2.45, 2.75) is 32.2 Å². The van der Waals surface area contributed by atoms with Crippen molar-refractivity contribution >= 4 is 23.2 Å². The van der Waals surface area contributed by atoms with E-state index in [9.17, 15) is 9.59 Å². The van der Waals surface area contributed by atoms with Crippen LogP contribution in [0.25, 0.3) is 0 Å². The molecule has 0 fully saturated rings. The number of likely N-dealkylation sites (N-methyl/N-ethyl adjacent to an activating group) is 1. The standard InChI is InChI=1S/C20H27N3O2S/c1-4-14(2)15-7-9-16(10-8-15)20(17-6-5-11-26-17)23-13-19(25)22-12-18(24)21-3/h5-11,14,20,23H,4,12-13H2,1-3H3,(H,21,24)(H,22,25)/t14-,20-/m1/s1. The SMILES string of the molecule is CC[C@@H](C)c1ccc([C@@H](NCC(=O)NCC(=O)NC)c2cccs2)cc1. The molecule has 6 heteroatoms. The summed E-state index contributed by atoms with van der Waals surface area (Å²) in [7, 11) is 1.54. The zero-order valence-electron chi connectivity index (χ0n) is 15.5.